The third-order valence-electron chi connectivity index (χ3n) is 3.49. The lowest BCUT2D eigenvalue weighted by Gasteiger charge is -2.21. The zero-order valence-electron chi connectivity index (χ0n) is 12.9. The SMILES string of the molecule is CC(F)(F)C(/C=C/c1ccc(C(=O)O)c(Cl)c1)c1cc(Cl)cc(Cl)c1. The lowest BCUT2D eigenvalue weighted by molar-refractivity contribution is 0.00698. The number of hydrogen-bond donors (Lipinski definition) is 1. The fraction of sp³-hybridized carbons (Fsp3) is 0.167. The number of carbonyl (C=O) groups is 1. The van der Waals surface area contributed by atoms with Crippen LogP contribution in [0.25, 0.3) is 6.08 Å². The summed E-state index contributed by atoms with van der Waals surface area (Å²) in [4.78, 5) is 11.0. The van der Waals surface area contributed by atoms with Crippen LogP contribution in [-0.4, -0.2) is 17.0 Å². The van der Waals surface area contributed by atoms with Crippen molar-refractivity contribution in [2.24, 2.45) is 0 Å². The quantitative estimate of drug-likeness (QED) is 0.594. The molecule has 0 fully saturated rings. The molecule has 0 amide bonds. The summed E-state index contributed by atoms with van der Waals surface area (Å²) in [5.41, 5.74) is 0.713. The van der Waals surface area contributed by atoms with E-state index in [-0.39, 0.29) is 26.2 Å². The number of aromatic carboxylic acids is 1. The number of hydrogen-bond acceptors (Lipinski definition) is 1. The molecule has 0 saturated heterocycles. The molecular formula is C18H13Cl3F2O2. The Morgan fingerprint density at radius 2 is 1.72 bits per heavy atom. The molecule has 0 aliphatic rings. The third-order valence-corrected chi connectivity index (χ3v) is 4.24. The normalized spacial score (nSPS) is 13.2. The molecule has 1 atom stereocenters. The number of rotatable bonds is 5. The number of allylic oxidation sites excluding steroid dienone is 1. The summed E-state index contributed by atoms with van der Waals surface area (Å²) in [6.45, 7) is 0.803. The van der Waals surface area contributed by atoms with Crippen LogP contribution in [0.3, 0.4) is 0 Å². The monoisotopic (exact) mass is 404 g/mol. The highest BCUT2D eigenvalue weighted by atomic mass is 35.5. The molecule has 2 aromatic carbocycles. The van der Waals surface area contributed by atoms with E-state index in [4.69, 9.17) is 39.9 Å². The van der Waals surface area contributed by atoms with Gasteiger partial charge in [-0.15, -0.1) is 0 Å². The fourth-order valence-corrected chi connectivity index (χ4v) is 3.16. The summed E-state index contributed by atoms with van der Waals surface area (Å²) in [6.07, 6.45) is 2.77. The maximum atomic E-state index is 14.0. The smallest absolute Gasteiger partial charge is 0.337 e. The Morgan fingerprint density at radius 1 is 1.12 bits per heavy atom. The molecule has 25 heavy (non-hydrogen) atoms. The van der Waals surface area contributed by atoms with Crippen molar-refractivity contribution in [1.29, 1.82) is 0 Å². The van der Waals surface area contributed by atoms with Gasteiger partial charge in [-0.25, -0.2) is 13.6 Å². The van der Waals surface area contributed by atoms with Crippen LogP contribution >= 0.6 is 34.8 Å². The van der Waals surface area contributed by atoms with Crippen molar-refractivity contribution < 1.29 is 18.7 Å². The first-order valence-electron chi connectivity index (χ1n) is 7.13. The molecule has 0 heterocycles. The van der Waals surface area contributed by atoms with Crippen molar-refractivity contribution in [3.8, 4) is 0 Å². The number of carboxylic acid groups (broad SMARTS) is 1. The molecule has 0 saturated carbocycles. The van der Waals surface area contributed by atoms with E-state index >= 15 is 0 Å². The highest BCUT2D eigenvalue weighted by Gasteiger charge is 2.33. The van der Waals surface area contributed by atoms with Gasteiger partial charge in [0, 0.05) is 17.0 Å². The maximum Gasteiger partial charge on any atom is 0.337 e. The lowest BCUT2D eigenvalue weighted by Crippen LogP contribution is -2.20. The van der Waals surface area contributed by atoms with Crippen LogP contribution in [0.15, 0.2) is 42.5 Å². The highest BCUT2D eigenvalue weighted by Crippen LogP contribution is 2.37. The lowest BCUT2D eigenvalue weighted by atomic mass is 9.92. The molecule has 2 rings (SSSR count). The Morgan fingerprint density at radius 3 is 2.20 bits per heavy atom. The Hall–Kier alpha value is -1.62. The standard InChI is InChI=1S/C18H13Cl3F2O2/c1-18(22,23)15(11-7-12(19)9-13(20)8-11)5-3-10-2-4-14(17(24)25)16(21)6-10/h2-9,15H,1H3,(H,24,25)/b5-3+. The average Bonchev–Trinajstić information content (AvgIpc) is 2.44. The van der Waals surface area contributed by atoms with Crippen molar-refractivity contribution in [2.75, 3.05) is 0 Å². The summed E-state index contributed by atoms with van der Waals surface area (Å²) in [6, 6.07) is 8.53. The van der Waals surface area contributed by atoms with Gasteiger partial charge in [-0.3, -0.25) is 0 Å². The predicted molar refractivity (Wildman–Crippen MR) is 97.3 cm³/mol. The van der Waals surface area contributed by atoms with Gasteiger partial charge in [0.05, 0.1) is 16.5 Å². The van der Waals surface area contributed by atoms with Crippen molar-refractivity contribution in [1.82, 2.24) is 0 Å². The van der Waals surface area contributed by atoms with Gasteiger partial charge < -0.3 is 5.11 Å². The van der Waals surface area contributed by atoms with Gasteiger partial charge >= 0.3 is 5.97 Å². The first-order valence-corrected chi connectivity index (χ1v) is 8.26. The van der Waals surface area contributed by atoms with Crippen molar-refractivity contribution in [3.05, 3.63) is 74.2 Å². The number of halogens is 5. The van der Waals surface area contributed by atoms with Gasteiger partial charge in [0.25, 0.3) is 5.92 Å². The minimum Gasteiger partial charge on any atom is -0.478 e. The minimum absolute atomic E-state index is 0.0280. The van der Waals surface area contributed by atoms with Crippen molar-refractivity contribution in [2.45, 2.75) is 18.8 Å². The van der Waals surface area contributed by atoms with Crippen LogP contribution in [0, 0.1) is 0 Å². The van der Waals surface area contributed by atoms with Gasteiger partial charge in [0.1, 0.15) is 0 Å². The summed E-state index contributed by atoms with van der Waals surface area (Å²) in [7, 11) is 0. The Bertz CT molecular complexity index is 809. The first-order chi connectivity index (χ1) is 11.6. The van der Waals surface area contributed by atoms with Crippen LogP contribution in [0.2, 0.25) is 15.1 Å². The van der Waals surface area contributed by atoms with E-state index in [1.54, 1.807) is 0 Å². The largest absolute Gasteiger partial charge is 0.478 e. The van der Waals surface area contributed by atoms with E-state index in [0.29, 0.717) is 5.56 Å². The van der Waals surface area contributed by atoms with Gasteiger partial charge in [-0.05, 0) is 41.5 Å². The van der Waals surface area contributed by atoms with Crippen LogP contribution in [0.5, 0.6) is 0 Å². The second-order valence-electron chi connectivity index (χ2n) is 5.54. The van der Waals surface area contributed by atoms with Crippen LogP contribution in [-0.2, 0) is 0 Å². The summed E-state index contributed by atoms with van der Waals surface area (Å²) in [5.74, 6) is -5.48. The zero-order chi connectivity index (χ0) is 18.8. The maximum absolute atomic E-state index is 14.0. The third kappa shape index (κ3) is 5.18. The van der Waals surface area contributed by atoms with E-state index in [1.807, 2.05) is 0 Å². The highest BCUT2D eigenvalue weighted by molar-refractivity contribution is 6.34. The second-order valence-corrected chi connectivity index (χ2v) is 6.82. The zero-order valence-corrected chi connectivity index (χ0v) is 15.2. The van der Waals surface area contributed by atoms with Gasteiger partial charge in [0.15, 0.2) is 0 Å². The van der Waals surface area contributed by atoms with E-state index in [9.17, 15) is 13.6 Å². The molecule has 0 radical (unpaired) electrons. The number of carboxylic acids is 1. The van der Waals surface area contributed by atoms with Gasteiger partial charge in [0.2, 0.25) is 0 Å². The van der Waals surface area contributed by atoms with Gasteiger partial charge in [-0.2, -0.15) is 0 Å². The number of alkyl halides is 2. The molecule has 2 nitrogen and oxygen atoms in total. The summed E-state index contributed by atoms with van der Waals surface area (Å²) < 4.78 is 28.1. The predicted octanol–water partition coefficient (Wildman–Crippen LogP) is 6.80. The fourth-order valence-electron chi connectivity index (χ4n) is 2.34. The molecular weight excluding hydrogens is 393 g/mol. The Kier molecular flexibility index (Phi) is 6.09. The van der Waals surface area contributed by atoms with Crippen LogP contribution < -0.4 is 0 Å². The van der Waals surface area contributed by atoms with E-state index < -0.39 is 17.8 Å². The molecule has 7 heteroatoms. The molecule has 132 valence electrons. The minimum atomic E-state index is -3.06. The van der Waals surface area contributed by atoms with Gasteiger partial charge in [-0.1, -0.05) is 53.0 Å². The molecule has 1 N–H and O–H groups in total. The topological polar surface area (TPSA) is 37.3 Å². The Balaban J connectivity index is 2.39. The molecule has 0 aliphatic heterocycles. The number of benzene rings is 2. The van der Waals surface area contributed by atoms with E-state index in [2.05, 4.69) is 0 Å². The second kappa shape index (κ2) is 7.73. The van der Waals surface area contributed by atoms with Crippen LogP contribution in [0.4, 0.5) is 8.78 Å². The summed E-state index contributed by atoms with van der Waals surface area (Å²) >= 11 is 17.7. The molecule has 0 aliphatic carbocycles. The van der Waals surface area contributed by atoms with E-state index in [1.165, 1.54) is 48.6 Å². The molecule has 0 aromatic heterocycles. The van der Waals surface area contributed by atoms with Crippen molar-refractivity contribution >= 4 is 46.8 Å². The molecule has 0 spiro atoms. The Labute approximate surface area is 158 Å². The first kappa shape index (κ1) is 19.7. The molecule has 0 bridgehead atoms. The summed E-state index contributed by atoms with van der Waals surface area (Å²) in [5, 5.41) is 9.51. The van der Waals surface area contributed by atoms with Crippen LogP contribution in [0.1, 0.15) is 34.3 Å². The van der Waals surface area contributed by atoms with Crippen molar-refractivity contribution in [3.63, 3.8) is 0 Å². The molecule has 1 unspecified atom stereocenters. The van der Waals surface area contributed by atoms with E-state index in [0.717, 1.165) is 6.92 Å². The average molecular weight is 406 g/mol. The molecule has 2 aromatic rings.